The molecule has 0 atom stereocenters. The Morgan fingerprint density at radius 2 is 1.38 bits per heavy atom. The van der Waals surface area contributed by atoms with E-state index < -0.39 is 7.26 Å². The van der Waals surface area contributed by atoms with Gasteiger partial charge < -0.3 is 17.0 Å². The van der Waals surface area contributed by atoms with Crippen LogP contribution >= 0.6 is 7.26 Å². The average Bonchev–Trinajstić information content (AvgIpc) is 2.33. The van der Waals surface area contributed by atoms with Crippen LogP contribution in [0.2, 0.25) is 0 Å². The molecule has 0 aromatic heterocycles. The maximum atomic E-state index is 2.38. The molecule has 0 spiro atoms. The highest BCUT2D eigenvalue weighted by atomic mass is 79.9. The van der Waals surface area contributed by atoms with E-state index in [0.717, 1.165) is 0 Å². The quantitative estimate of drug-likeness (QED) is 0.695. The van der Waals surface area contributed by atoms with Crippen molar-refractivity contribution in [3.63, 3.8) is 0 Å². The predicted molar refractivity (Wildman–Crippen MR) is 73.6 cm³/mol. The second kappa shape index (κ2) is 8.25. The lowest BCUT2D eigenvalue weighted by Crippen LogP contribution is -3.00. The summed E-state index contributed by atoms with van der Waals surface area (Å²) >= 11 is 0. The number of aryl methyl sites for hydroxylation is 1. The zero-order chi connectivity index (χ0) is 11.1. The van der Waals surface area contributed by atoms with E-state index in [0.29, 0.717) is 0 Å². The Morgan fingerprint density at radius 1 is 0.875 bits per heavy atom. The van der Waals surface area contributed by atoms with E-state index in [1.165, 1.54) is 36.6 Å². The van der Waals surface area contributed by atoms with Gasteiger partial charge in [-0.25, -0.2) is 0 Å². The number of rotatable bonds is 6. The molecule has 2 heteroatoms. The molecular formula is C14H24BrP. The third-order valence-electron chi connectivity index (χ3n) is 3.73. The number of halogens is 1. The molecular weight excluding hydrogens is 279 g/mol. The van der Waals surface area contributed by atoms with Crippen molar-refractivity contribution < 1.29 is 17.0 Å². The lowest BCUT2D eigenvalue weighted by atomic mass is 10.2. The first-order valence-electron chi connectivity index (χ1n) is 6.15. The highest BCUT2D eigenvalue weighted by Gasteiger charge is 2.30. The van der Waals surface area contributed by atoms with Crippen molar-refractivity contribution in [1.29, 1.82) is 0 Å². The van der Waals surface area contributed by atoms with E-state index >= 15 is 0 Å². The van der Waals surface area contributed by atoms with Gasteiger partial charge in [0.1, 0.15) is 0 Å². The molecule has 0 aliphatic heterocycles. The molecule has 0 radical (unpaired) electrons. The van der Waals surface area contributed by atoms with Crippen LogP contribution in [0.15, 0.2) is 30.3 Å². The van der Waals surface area contributed by atoms with Crippen LogP contribution in [0.5, 0.6) is 0 Å². The Labute approximate surface area is 112 Å². The molecule has 0 aliphatic carbocycles. The summed E-state index contributed by atoms with van der Waals surface area (Å²) in [5.41, 5.74) is 1.51. The van der Waals surface area contributed by atoms with Crippen LogP contribution in [0, 0.1) is 0 Å². The van der Waals surface area contributed by atoms with Gasteiger partial charge in [0, 0.05) is 13.7 Å². The van der Waals surface area contributed by atoms with Gasteiger partial charge in [-0.2, -0.15) is 0 Å². The maximum absolute atomic E-state index is 2.38. The van der Waals surface area contributed by atoms with Crippen LogP contribution in [0.25, 0.3) is 0 Å². The van der Waals surface area contributed by atoms with Crippen molar-refractivity contribution in [2.24, 2.45) is 0 Å². The first-order valence-corrected chi connectivity index (χ1v) is 8.68. The SMILES string of the molecule is CC[P+](CC)(CC)CCc1ccccc1.[Br-]. The van der Waals surface area contributed by atoms with Gasteiger partial charge in [0.15, 0.2) is 0 Å². The third kappa shape index (κ3) is 4.55. The highest BCUT2D eigenvalue weighted by Crippen LogP contribution is 2.57. The fourth-order valence-corrected chi connectivity index (χ4v) is 5.18. The van der Waals surface area contributed by atoms with Crippen molar-refractivity contribution in [2.75, 3.05) is 24.6 Å². The molecule has 1 rings (SSSR count). The summed E-state index contributed by atoms with van der Waals surface area (Å²) in [6, 6.07) is 10.9. The molecule has 0 bridgehead atoms. The summed E-state index contributed by atoms with van der Waals surface area (Å²) in [6.07, 6.45) is 7.00. The standard InChI is InChI=1S/C14H24P.BrH/c1-4-15(5-2,6-3)13-12-14-10-8-7-9-11-14;/h7-11H,4-6,12-13H2,1-3H3;1H/q+1;/p-1. The number of hydrogen-bond acceptors (Lipinski definition) is 0. The fraction of sp³-hybridized carbons (Fsp3) is 0.571. The van der Waals surface area contributed by atoms with Crippen molar-refractivity contribution in [3.05, 3.63) is 35.9 Å². The Morgan fingerprint density at radius 3 is 1.81 bits per heavy atom. The number of hydrogen-bond donors (Lipinski definition) is 0. The molecule has 16 heavy (non-hydrogen) atoms. The molecule has 0 unspecified atom stereocenters. The minimum atomic E-state index is -0.604. The summed E-state index contributed by atoms with van der Waals surface area (Å²) in [6.45, 7) is 7.14. The molecule has 0 fully saturated rings. The molecule has 0 nitrogen and oxygen atoms in total. The number of benzene rings is 1. The Hall–Kier alpha value is 0.130. The third-order valence-corrected chi connectivity index (χ3v) is 8.93. The van der Waals surface area contributed by atoms with Crippen molar-refractivity contribution >= 4 is 7.26 Å². The molecule has 0 amide bonds. The molecule has 92 valence electrons. The second-order valence-electron chi connectivity index (χ2n) is 4.25. The van der Waals surface area contributed by atoms with E-state index in [9.17, 15) is 0 Å². The van der Waals surface area contributed by atoms with E-state index in [1.807, 2.05) is 0 Å². The zero-order valence-electron chi connectivity index (χ0n) is 10.7. The van der Waals surface area contributed by atoms with Gasteiger partial charge in [-0.1, -0.05) is 30.3 Å². The summed E-state index contributed by atoms with van der Waals surface area (Å²) in [5.74, 6) is 0. The van der Waals surface area contributed by atoms with Crippen LogP contribution in [0.1, 0.15) is 26.3 Å². The van der Waals surface area contributed by atoms with E-state index in [4.69, 9.17) is 0 Å². The van der Waals surface area contributed by atoms with Gasteiger partial charge in [0.2, 0.25) is 0 Å². The zero-order valence-corrected chi connectivity index (χ0v) is 13.2. The fourth-order valence-electron chi connectivity index (χ4n) is 2.16. The predicted octanol–water partition coefficient (Wildman–Crippen LogP) is 1.31. The first kappa shape index (κ1) is 16.1. The van der Waals surface area contributed by atoms with Crippen molar-refractivity contribution in [3.8, 4) is 0 Å². The maximum Gasteiger partial charge on any atom is 0.0634 e. The lowest BCUT2D eigenvalue weighted by molar-refractivity contribution is -0.00000332. The van der Waals surface area contributed by atoms with Gasteiger partial charge in [0.25, 0.3) is 0 Å². The molecule has 0 N–H and O–H groups in total. The van der Waals surface area contributed by atoms with Crippen LogP contribution < -0.4 is 17.0 Å². The van der Waals surface area contributed by atoms with Gasteiger partial charge in [-0.15, -0.1) is 0 Å². The van der Waals surface area contributed by atoms with Crippen LogP contribution in [-0.2, 0) is 6.42 Å². The van der Waals surface area contributed by atoms with E-state index in [-0.39, 0.29) is 17.0 Å². The van der Waals surface area contributed by atoms with Crippen molar-refractivity contribution in [2.45, 2.75) is 27.2 Å². The van der Waals surface area contributed by atoms with Gasteiger partial charge in [-0.3, -0.25) is 0 Å². The molecule has 0 heterocycles. The van der Waals surface area contributed by atoms with Gasteiger partial charge in [-0.05, 0) is 26.3 Å². The molecule has 0 saturated heterocycles. The summed E-state index contributed by atoms with van der Waals surface area (Å²) in [4.78, 5) is 0. The monoisotopic (exact) mass is 302 g/mol. The minimum absolute atomic E-state index is 0. The van der Waals surface area contributed by atoms with Crippen LogP contribution in [-0.4, -0.2) is 24.6 Å². The Balaban J connectivity index is 0.00000225. The van der Waals surface area contributed by atoms with E-state index in [2.05, 4.69) is 51.1 Å². The molecule has 1 aromatic rings. The highest BCUT2D eigenvalue weighted by molar-refractivity contribution is 7.75. The second-order valence-corrected chi connectivity index (χ2v) is 9.28. The largest absolute Gasteiger partial charge is 1.00 e. The normalized spacial score (nSPS) is 10.9. The molecule has 0 saturated carbocycles. The van der Waals surface area contributed by atoms with Gasteiger partial charge in [0.05, 0.1) is 24.6 Å². The summed E-state index contributed by atoms with van der Waals surface area (Å²) in [7, 11) is -0.604. The Kier molecular flexibility index (Phi) is 8.32. The average molecular weight is 303 g/mol. The van der Waals surface area contributed by atoms with Crippen LogP contribution in [0.4, 0.5) is 0 Å². The smallest absolute Gasteiger partial charge is 0.0634 e. The Bertz CT molecular complexity index is 259. The lowest BCUT2D eigenvalue weighted by Gasteiger charge is -2.23. The topological polar surface area (TPSA) is 0 Å². The van der Waals surface area contributed by atoms with Crippen LogP contribution in [0.3, 0.4) is 0 Å². The van der Waals surface area contributed by atoms with Gasteiger partial charge >= 0.3 is 0 Å². The molecule has 1 aromatic carbocycles. The summed E-state index contributed by atoms with van der Waals surface area (Å²) in [5, 5.41) is 0. The van der Waals surface area contributed by atoms with E-state index in [1.54, 1.807) is 0 Å². The minimum Gasteiger partial charge on any atom is -1.00 e. The summed E-state index contributed by atoms with van der Waals surface area (Å²) < 4.78 is 0. The molecule has 0 aliphatic rings. The first-order chi connectivity index (χ1) is 7.26. The van der Waals surface area contributed by atoms with Crippen molar-refractivity contribution in [1.82, 2.24) is 0 Å².